The molecule has 2 N–H and O–H groups in total. The third-order valence-corrected chi connectivity index (χ3v) is 2.20. The first-order valence-electron chi connectivity index (χ1n) is 5.79. The molecule has 0 aliphatic heterocycles. The number of hydrogen-bond donors (Lipinski definition) is 1. The molecule has 1 aromatic rings. The third kappa shape index (κ3) is 4.28. The van der Waals surface area contributed by atoms with Gasteiger partial charge in [-0.1, -0.05) is 19.0 Å². The molecule has 0 saturated heterocycles. The first-order chi connectivity index (χ1) is 7.63. The molecule has 1 heterocycles. The van der Waals surface area contributed by atoms with Gasteiger partial charge in [-0.15, -0.1) is 0 Å². The van der Waals surface area contributed by atoms with Gasteiger partial charge >= 0.3 is 0 Å². The molecule has 1 aromatic heterocycles. The van der Waals surface area contributed by atoms with E-state index < -0.39 is 0 Å². The fourth-order valence-corrected chi connectivity index (χ4v) is 1.44. The topological polar surface area (TPSA) is 74.2 Å². The second-order valence-corrected chi connectivity index (χ2v) is 4.23. The average molecular weight is 227 g/mol. The summed E-state index contributed by atoms with van der Waals surface area (Å²) in [5, 5.41) is 3.87. The smallest absolute Gasteiger partial charge is 0.243 e. The zero-order valence-corrected chi connectivity index (χ0v) is 10.3. The molecule has 5 heteroatoms. The molecule has 1 rings (SSSR count). The predicted octanol–water partition coefficient (Wildman–Crippen LogP) is 1.69. The molecule has 5 nitrogen and oxygen atoms in total. The summed E-state index contributed by atoms with van der Waals surface area (Å²) in [6.45, 7) is 7.52. The van der Waals surface area contributed by atoms with Crippen LogP contribution < -0.4 is 5.73 Å². The Balaban J connectivity index is 2.44. The van der Waals surface area contributed by atoms with Crippen LogP contribution in [-0.4, -0.2) is 23.4 Å². The molecule has 0 unspecified atom stereocenters. The number of ether oxygens (including phenoxy) is 1. The summed E-state index contributed by atoms with van der Waals surface area (Å²) >= 11 is 0. The van der Waals surface area contributed by atoms with Crippen molar-refractivity contribution in [2.45, 2.75) is 39.7 Å². The van der Waals surface area contributed by atoms with Crippen molar-refractivity contribution >= 4 is 0 Å². The second-order valence-electron chi connectivity index (χ2n) is 4.23. The van der Waals surface area contributed by atoms with Crippen LogP contribution in [0.2, 0.25) is 0 Å². The Kier molecular flexibility index (Phi) is 5.42. The molecule has 0 saturated carbocycles. The van der Waals surface area contributed by atoms with Crippen molar-refractivity contribution in [3.8, 4) is 0 Å². The van der Waals surface area contributed by atoms with Crippen LogP contribution >= 0.6 is 0 Å². The summed E-state index contributed by atoms with van der Waals surface area (Å²) in [7, 11) is 0. The van der Waals surface area contributed by atoms with Gasteiger partial charge in [-0.3, -0.25) is 0 Å². The van der Waals surface area contributed by atoms with Gasteiger partial charge in [0.15, 0.2) is 5.82 Å². The highest BCUT2D eigenvalue weighted by Gasteiger charge is 2.15. The van der Waals surface area contributed by atoms with Crippen molar-refractivity contribution in [2.75, 3.05) is 13.2 Å². The molecule has 0 radical (unpaired) electrons. The molecule has 0 spiro atoms. The van der Waals surface area contributed by atoms with E-state index in [1.54, 1.807) is 0 Å². The van der Waals surface area contributed by atoms with Crippen LogP contribution in [0.4, 0.5) is 0 Å². The summed E-state index contributed by atoms with van der Waals surface area (Å²) in [6, 6.07) is -0.159. The quantitative estimate of drug-likeness (QED) is 0.717. The van der Waals surface area contributed by atoms with Crippen molar-refractivity contribution in [1.82, 2.24) is 10.1 Å². The maximum Gasteiger partial charge on any atom is 0.243 e. The molecule has 0 bridgehead atoms. The number of rotatable bonds is 7. The zero-order chi connectivity index (χ0) is 12.0. The highest BCUT2D eigenvalue weighted by molar-refractivity contribution is 4.92. The van der Waals surface area contributed by atoms with Crippen LogP contribution in [0.5, 0.6) is 0 Å². The van der Waals surface area contributed by atoms with Crippen molar-refractivity contribution < 1.29 is 9.26 Å². The van der Waals surface area contributed by atoms with E-state index in [2.05, 4.69) is 24.0 Å². The maximum atomic E-state index is 5.94. The van der Waals surface area contributed by atoms with E-state index >= 15 is 0 Å². The van der Waals surface area contributed by atoms with Crippen molar-refractivity contribution in [2.24, 2.45) is 11.7 Å². The van der Waals surface area contributed by atoms with Crippen molar-refractivity contribution in [1.29, 1.82) is 0 Å². The normalized spacial score (nSPS) is 13.3. The van der Waals surface area contributed by atoms with Crippen LogP contribution in [0.25, 0.3) is 0 Å². The molecule has 0 aliphatic rings. The van der Waals surface area contributed by atoms with E-state index in [0.29, 0.717) is 37.3 Å². The minimum Gasteiger partial charge on any atom is -0.381 e. The monoisotopic (exact) mass is 227 g/mol. The van der Waals surface area contributed by atoms with Crippen LogP contribution in [0.1, 0.15) is 44.9 Å². The van der Waals surface area contributed by atoms with Gasteiger partial charge in [-0.05, 0) is 19.3 Å². The maximum absolute atomic E-state index is 5.94. The molecule has 0 aliphatic carbocycles. The lowest BCUT2D eigenvalue weighted by atomic mass is 10.0. The van der Waals surface area contributed by atoms with Crippen LogP contribution in [-0.2, 0) is 11.2 Å². The summed E-state index contributed by atoms with van der Waals surface area (Å²) in [4.78, 5) is 4.25. The Morgan fingerprint density at radius 2 is 2.19 bits per heavy atom. The summed E-state index contributed by atoms with van der Waals surface area (Å²) in [6.07, 6.45) is 1.53. The van der Waals surface area contributed by atoms with E-state index in [0.717, 1.165) is 6.42 Å². The van der Waals surface area contributed by atoms with Gasteiger partial charge in [-0.25, -0.2) is 0 Å². The molecule has 0 aromatic carbocycles. The Bertz CT molecular complexity index is 299. The summed E-state index contributed by atoms with van der Waals surface area (Å²) < 4.78 is 10.3. The zero-order valence-electron chi connectivity index (χ0n) is 10.3. The molecular formula is C11H21N3O2. The van der Waals surface area contributed by atoms with E-state index in [4.69, 9.17) is 15.0 Å². The van der Waals surface area contributed by atoms with E-state index in [1.807, 2.05) is 6.92 Å². The minimum atomic E-state index is -0.159. The fraction of sp³-hybridized carbons (Fsp3) is 0.818. The lowest BCUT2D eigenvalue weighted by Crippen LogP contribution is -2.13. The fourth-order valence-electron chi connectivity index (χ4n) is 1.44. The predicted molar refractivity (Wildman–Crippen MR) is 60.9 cm³/mol. The van der Waals surface area contributed by atoms with Crippen LogP contribution in [0.3, 0.4) is 0 Å². The van der Waals surface area contributed by atoms with Crippen molar-refractivity contribution in [3.05, 3.63) is 11.7 Å². The van der Waals surface area contributed by atoms with Gasteiger partial charge in [-0.2, -0.15) is 4.98 Å². The first kappa shape index (κ1) is 13.1. The third-order valence-electron chi connectivity index (χ3n) is 2.20. The average Bonchev–Trinajstić information content (AvgIpc) is 2.66. The number of nitrogens with zero attached hydrogens (tertiary/aromatic N) is 2. The van der Waals surface area contributed by atoms with Crippen LogP contribution in [0, 0.1) is 5.92 Å². The minimum absolute atomic E-state index is 0.159. The SMILES string of the molecule is CCOCCc1noc([C@H](N)CC(C)C)n1. The Labute approximate surface area is 96.4 Å². The second kappa shape index (κ2) is 6.60. The van der Waals surface area contributed by atoms with Crippen LogP contribution in [0.15, 0.2) is 4.52 Å². The van der Waals surface area contributed by atoms with Gasteiger partial charge in [0.2, 0.25) is 5.89 Å². The standard InChI is InChI=1S/C11H21N3O2/c1-4-15-6-5-10-13-11(16-14-10)9(12)7-8(2)3/h8-9H,4-7,12H2,1-3H3/t9-/m1/s1. The summed E-state index contributed by atoms with van der Waals surface area (Å²) in [5.74, 6) is 1.72. The number of aromatic nitrogens is 2. The lowest BCUT2D eigenvalue weighted by molar-refractivity contribution is 0.149. The highest BCUT2D eigenvalue weighted by atomic mass is 16.5. The Morgan fingerprint density at radius 1 is 1.44 bits per heavy atom. The van der Waals surface area contributed by atoms with E-state index in [-0.39, 0.29) is 6.04 Å². The largest absolute Gasteiger partial charge is 0.381 e. The van der Waals surface area contributed by atoms with Gasteiger partial charge in [0.25, 0.3) is 0 Å². The Hall–Kier alpha value is -0.940. The molecule has 92 valence electrons. The van der Waals surface area contributed by atoms with E-state index in [9.17, 15) is 0 Å². The van der Waals surface area contributed by atoms with E-state index in [1.165, 1.54) is 0 Å². The van der Waals surface area contributed by atoms with Gasteiger partial charge in [0.05, 0.1) is 12.6 Å². The van der Waals surface area contributed by atoms with Gasteiger partial charge in [0.1, 0.15) is 0 Å². The highest BCUT2D eigenvalue weighted by Crippen LogP contribution is 2.16. The molecule has 16 heavy (non-hydrogen) atoms. The molecular weight excluding hydrogens is 206 g/mol. The van der Waals surface area contributed by atoms with Crippen molar-refractivity contribution in [3.63, 3.8) is 0 Å². The Morgan fingerprint density at radius 3 is 2.81 bits per heavy atom. The summed E-state index contributed by atoms with van der Waals surface area (Å²) in [5.41, 5.74) is 5.94. The molecule has 0 fully saturated rings. The first-order valence-corrected chi connectivity index (χ1v) is 5.79. The lowest BCUT2D eigenvalue weighted by Gasteiger charge is -2.08. The van der Waals surface area contributed by atoms with Gasteiger partial charge < -0.3 is 15.0 Å². The van der Waals surface area contributed by atoms with Gasteiger partial charge in [0, 0.05) is 13.0 Å². The molecule has 0 amide bonds. The number of nitrogens with two attached hydrogens (primary N) is 1. The number of hydrogen-bond acceptors (Lipinski definition) is 5. The molecule has 1 atom stereocenters.